The van der Waals surface area contributed by atoms with Crippen LogP contribution in [-0.2, 0) is 16.4 Å². The summed E-state index contributed by atoms with van der Waals surface area (Å²) in [6, 6.07) is 26.2. The molecule has 1 aliphatic rings. The van der Waals surface area contributed by atoms with Gasteiger partial charge >= 0.3 is 0 Å². The molecule has 0 fully saturated rings. The molecule has 1 aromatic heterocycles. The number of aryl methyl sites for hydroxylation is 1. The number of hydrogen-bond donors (Lipinski definition) is 0. The summed E-state index contributed by atoms with van der Waals surface area (Å²) in [7, 11) is -3.85. The Morgan fingerprint density at radius 1 is 0.812 bits per heavy atom. The van der Waals surface area contributed by atoms with Gasteiger partial charge in [0.25, 0.3) is 10.0 Å². The summed E-state index contributed by atoms with van der Waals surface area (Å²) in [5.41, 5.74) is 4.64. The van der Waals surface area contributed by atoms with Gasteiger partial charge in [-0.05, 0) is 42.5 Å². The number of ketones is 1. The molecule has 4 aromatic rings. The third-order valence-corrected chi connectivity index (χ3v) is 7.87. The second-order valence-corrected chi connectivity index (χ2v) is 10.1. The van der Waals surface area contributed by atoms with Crippen molar-refractivity contribution in [3.8, 4) is 11.1 Å². The lowest BCUT2D eigenvalue weighted by molar-refractivity contribution is 0.0964. The molecule has 160 valence electrons. The summed E-state index contributed by atoms with van der Waals surface area (Å²) >= 11 is 0. The molecule has 5 rings (SSSR count). The van der Waals surface area contributed by atoms with Crippen molar-refractivity contribution in [1.82, 2.24) is 3.97 Å². The first-order chi connectivity index (χ1) is 15.4. The summed E-state index contributed by atoms with van der Waals surface area (Å²) in [5, 5.41) is 0. The van der Waals surface area contributed by atoms with Gasteiger partial charge in [-0.2, -0.15) is 0 Å². The molecule has 1 unspecified atom stereocenters. The summed E-state index contributed by atoms with van der Waals surface area (Å²) in [6.45, 7) is 1.92. The fourth-order valence-corrected chi connectivity index (χ4v) is 5.90. The van der Waals surface area contributed by atoms with Crippen LogP contribution in [0, 0.1) is 6.92 Å². The van der Waals surface area contributed by atoms with E-state index in [9.17, 15) is 13.2 Å². The van der Waals surface area contributed by atoms with Crippen molar-refractivity contribution in [3.05, 3.63) is 114 Å². The predicted molar refractivity (Wildman–Crippen MR) is 125 cm³/mol. The van der Waals surface area contributed by atoms with Gasteiger partial charge in [0.1, 0.15) is 0 Å². The van der Waals surface area contributed by atoms with E-state index >= 15 is 0 Å². The highest BCUT2D eigenvalue weighted by Crippen LogP contribution is 2.40. The fourth-order valence-electron chi connectivity index (χ4n) is 4.50. The molecule has 1 heterocycles. The van der Waals surface area contributed by atoms with Gasteiger partial charge in [-0.25, -0.2) is 12.4 Å². The SMILES string of the molecule is Cc1ccc(S(=O)(=O)n2cc(-c3ccccc3)c3c2CC(c2ccccc2)CC3=O)cc1. The van der Waals surface area contributed by atoms with Crippen LogP contribution < -0.4 is 0 Å². The summed E-state index contributed by atoms with van der Waals surface area (Å²) in [5.74, 6) is -0.0708. The normalized spacial score (nSPS) is 16.0. The minimum Gasteiger partial charge on any atom is -0.294 e. The van der Waals surface area contributed by atoms with Gasteiger partial charge in [-0.1, -0.05) is 78.4 Å². The van der Waals surface area contributed by atoms with Crippen LogP contribution in [0.15, 0.2) is 96.0 Å². The van der Waals surface area contributed by atoms with Crippen LogP contribution in [-0.4, -0.2) is 18.2 Å². The lowest BCUT2D eigenvalue weighted by Gasteiger charge is -2.24. The summed E-state index contributed by atoms with van der Waals surface area (Å²) in [6.07, 6.45) is 2.48. The average Bonchev–Trinajstić information content (AvgIpc) is 3.22. The van der Waals surface area contributed by atoms with E-state index < -0.39 is 10.0 Å². The molecule has 32 heavy (non-hydrogen) atoms. The largest absolute Gasteiger partial charge is 0.294 e. The minimum atomic E-state index is -3.85. The summed E-state index contributed by atoms with van der Waals surface area (Å²) in [4.78, 5) is 13.6. The van der Waals surface area contributed by atoms with Crippen LogP contribution in [0.1, 0.15) is 39.5 Å². The number of nitrogens with zero attached hydrogens (tertiary/aromatic N) is 1. The molecule has 1 atom stereocenters. The Labute approximate surface area is 188 Å². The number of carbonyl (C=O) groups is 1. The van der Waals surface area contributed by atoms with Crippen LogP contribution in [0.2, 0.25) is 0 Å². The number of hydrogen-bond acceptors (Lipinski definition) is 3. The highest BCUT2D eigenvalue weighted by Gasteiger charge is 2.35. The van der Waals surface area contributed by atoms with E-state index in [-0.39, 0.29) is 16.6 Å². The van der Waals surface area contributed by atoms with E-state index in [1.165, 1.54) is 3.97 Å². The molecule has 0 radical (unpaired) electrons. The van der Waals surface area contributed by atoms with Crippen LogP contribution >= 0.6 is 0 Å². The number of fused-ring (bicyclic) bond motifs is 1. The first kappa shape index (κ1) is 20.5. The molecule has 3 aromatic carbocycles. The van der Waals surface area contributed by atoms with Crippen molar-refractivity contribution in [2.24, 2.45) is 0 Å². The van der Waals surface area contributed by atoms with Gasteiger partial charge in [0.2, 0.25) is 0 Å². The van der Waals surface area contributed by atoms with E-state index in [0.717, 1.165) is 16.7 Å². The molecule has 1 aliphatic carbocycles. The quantitative estimate of drug-likeness (QED) is 0.413. The van der Waals surface area contributed by atoms with Crippen molar-refractivity contribution >= 4 is 15.8 Å². The van der Waals surface area contributed by atoms with Crippen LogP contribution in [0.5, 0.6) is 0 Å². The summed E-state index contributed by atoms with van der Waals surface area (Å²) < 4.78 is 28.7. The maximum Gasteiger partial charge on any atom is 0.267 e. The van der Waals surface area contributed by atoms with E-state index in [1.807, 2.05) is 67.6 Å². The number of rotatable bonds is 4. The fraction of sp³-hybridized carbons (Fsp3) is 0.148. The van der Waals surface area contributed by atoms with Crippen molar-refractivity contribution in [1.29, 1.82) is 0 Å². The highest BCUT2D eigenvalue weighted by molar-refractivity contribution is 7.90. The van der Waals surface area contributed by atoms with E-state index in [2.05, 4.69) is 0 Å². The lowest BCUT2D eigenvalue weighted by Crippen LogP contribution is -2.23. The van der Waals surface area contributed by atoms with E-state index in [1.54, 1.807) is 30.5 Å². The van der Waals surface area contributed by atoms with E-state index in [0.29, 0.717) is 29.7 Å². The Bertz CT molecular complexity index is 1390. The number of Topliss-reactive ketones (excluding diaryl/α,β-unsaturated/α-hetero) is 1. The highest BCUT2D eigenvalue weighted by atomic mass is 32.2. The van der Waals surface area contributed by atoms with Gasteiger partial charge in [0, 0.05) is 29.4 Å². The second-order valence-electron chi connectivity index (χ2n) is 8.28. The molecule has 0 saturated heterocycles. The Balaban J connectivity index is 1.71. The second kappa shape index (κ2) is 7.92. The lowest BCUT2D eigenvalue weighted by atomic mass is 9.81. The molecule has 5 heteroatoms. The maximum atomic E-state index is 13.7. The van der Waals surface area contributed by atoms with E-state index in [4.69, 9.17) is 0 Å². The minimum absolute atomic E-state index is 0.0168. The van der Waals surface area contributed by atoms with Gasteiger partial charge in [-0.3, -0.25) is 4.79 Å². The van der Waals surface area contributed by atoms with Gasteiger partial charge in [-0.15, -0.1) is 0 Å². The molecular weight excluding hydrogens is 418 g/mol. The molecule has 0 bridgehead atoms. The average molecular weight is 442 g/mol. The zero-order valence-corrected chi connectivity index (χ0v) is 18.5. The van der Waals surface area contributed by atoms with Crippen LogP contribution in [0.3, 0.4) is 0 Å². The molecule has 0 aliphatic heterocycles. The number of benzene rings is 3. The molecule has 0 spiro atoms. The van der Waals surface area contributed by atoms with Gasteiger partial charge in [0.15, 0.2) is 5.78 Å². The molecular formula is C27H23NO3S. The van der Waals surface area contributed by atoms with Crippen molar-refractivity contribution in [2.75, 3.05) is 0 Å². The van der Waals surface area contributed by atoms with Crippen LogP contribution in [0.4, 0.5) is 0 Å². The number of aromatic nitrogens is 1. The Morgan fingerprint density at radius 3 is 2.09 bits per heavy atom. The Hall–Kier alpha value is -3.44. The zero-order chi connectivity index (χ0) is 22.3. The zero-order valence-electron chi connectivity index (χ0n) is 17.7. The predicted octanol–water partition coefficient (Wildman–Crippen LogP) is 5.61. The molecule has 0 saturated carbocycles. The van der Waals surface area contributed by atoms with Gasteiger partial charge < -0.3 is 0 Å². The first-order valence-electron chi connectivity index (χ1n) is 10.6. The molecule has 0 N–H and O–H groups in total. The maximum absolute atomic E-state index is 13.7. The van der Waals surface area contributed by atoms with Crippen LogP contribution in [0.25, 0.3) is 11.1 Å². The van der Waals surface area contributed by atoms with Crippen molar-refractivity contribution in [3.63, 3.8) is 0 Å². The molecule has 0 amide bonds. The third-order valence-electron chi connectivity index (χ3n) is 6.15. The van der Waals surface area contributed by atoms with Crippen molar-refractivity contribution < 1.29 is 13.2 Å². The third kappa shape index (κ3) is 3.49. The number of carbonyl (C=O) groups excluding carboxylic acids is 1. The standard InChI is InChI=1S/C27H23NO3S/c1-19-12-14-23(15-13-19)32(30,31)28-18-24(21-10-6-3-7-11-21)27-25(28)16-22(17-26(27)29)20-8-4-2-5-9-20/h2-15,18,22H,16-17H2,1H3. The first-order valence-corrected chi connectivity index (χ1v) is 12.1. The van der Waals surface area contributed by atoms with Gasteiger partial charge in [0.05, 0.1) is 4.90 Å². The monoisotopic (exact) mass is 441 g/mol. The smallest absolute Gasteiger partial charge is 0.267 e. The van der Waals surface area contributed by atoms with Crippen molar-refractivity contribution in [2.45, 2.75) is 30.6 Å². The topological polar surface area (TPSA) is 56.1 Å². The Morgan fingerprint density at radius 2 is 1.44 bits per heavy atom. The molecule has 4 nitrogen and oxygen atoms in total. The Kier molecular flexibility index (Phi) is 5.06.